The molecule has 2 aliphatic rings. The largest absolute Gasteiger partial charge is 0.494 e. The van der Waals surface area contributed by atoms with Crippen LogP contribution in [0.15, 0.2) is 22.7 Å². The van der Waals surface area contributed by atoms with E-state index in [9.17, 15) is 4.79 Å². The molecule has 2 heterocycles. The number of aryl methyl sites for hydroxylation is 1. The Labute approximate surface area is 195 Å². The molecular formula is C25H36N4O4. The summed E-state index contributed by atoms with van der Waals surface area (Å²) in [6.07, 6.45) is 7.28. The highest BCUT2D eigenvalue weighted by molar-refractivity contribution is 5.95. The molecule has 8 heteroatoms. The first-order chi connectivity index (χ1) is 16.0. The average molecular weight is 457 g/mol. The van der Waals surface area contributed by atoms with E-state index >= 15 is 0 Å². The van der Waals surface area contributed by atoms with Crippen LogP contribution in [-0.4, -0.2) is 54.0 Å². The van der Waals surface area contributed by atoms with Gasteiger partial charge in [-0.1, -0.05) is 6.92 Å². The molecule has 1 aliphatic heterocycles. The molecule has 2 fully saturated rings. The van der Waals surface area contributed by atoms with Crippen LogP contribution in [0, 0.1) is 12.8 Å². The number of nitrogens with one attached hydrogen (secondary N) is 1. The van der Waals surface area contributed by atoms with Gasteiger partial charge in [0, 0.05) is 37.2 Å². The average Bonchev–Trinajstić information content (AvgIpc) is 3.36. The van der Waals surface area contributed by atoms with Crippen LogP contribution in [0.3, 0.4) is 0 Å². The number of hydrogen-bond donors (Lipinski definition) is 2. The monoisotopic (exact) mass is 456 g/mol. The number of carbonyl (C=O) groups excluding carboxylic acids is 1. The normalized spacial score (nSPS) is 17.7. The SMILES string of the molecule is Cc1cc(OCCCC2CCN(c3noc(C4(C)CC4)n3)CC2)ccc1C(=O)NCCCO. The molecule has 1 saturated carbocycles. The third-order valence-electron chi connectivity index (χ3n) is 6.92. The van der Waals surface area contributed by atoms with Crippen LogP contribution in [0.25, 0.3) is 0 Å². The molecule has 8 nitrogen and oxygen atoms in total. The molecule has 2 N–H and O–H groups in total. The zero-order valence-corrected chi connectivity index (χ0v) is 19.8. The number of rotatable bonds is 11. The Morgan fingerprint density at radius 2 is 2.09 bits per heavy atom. The van der Waals surface area contributed by atoms with Crippen LogP contribution in [0.5, 0.6) is 5.75 Å². The first-order valence-electron chi connectivity index (χ1n) is 12.2. The van der Waals surface area contributed by atoms with Gasteiger partial charge in [-0.3, -0.25) is 4.79 Å². The van der Waals surface area contributed by atoms with Gasteiger partial charge in [-0.05, 0) is 86.7 Å². The fraction of sp³-hybridized carbons (Fsp3) is 0.640. The minimum absolute atomic E-state index is 0.0737. The van der Waals surface area contributed by atoms with Crippen LogP contribution in [0.2, 0.25) is 0 Å². The van der Waals surface area contributed by atoms with E-state index < -0.39 is 0 Å². The van der Waals surface area contributed by atoms with Crippen molar-refractivity contribution in [3.63, 3.8) is 0 Å². The molecule has 180 valence electrons. The predicted octanol–water partition coefficient (Wildman–Crippen LogP) is 3.62. The van der Waals surface area contributed by atoms with Gasteiger partial charge in [-0.15, -0.1) is 0 Å². The Bertz CT molecular complexity index is 932. The summed E-state index contributed by atoms with van der Waals surface area (Å²) in [5.41, 5.74) is 1.66. The fourth-order valence-electron chi connectivity index (χ4n) is 4.33. The van der Waals surface area contributed by atoms with Crippen molar-refractivity contribution in [2.24, 2.45) is 5.92 Å². The number of amides is 1. The third kappa shape index (κ3) is 6.05. The lowest BCUT2D eigenvalue weighted by molar-refractivity contribution is 0.0950. The van der Waals surface area contributed by atoms with Crippen molar-refractivity contribution >= 4 is 11.9 Å². The lowest BCUT2D eigenvalue weighted by Crippen LogP contribution is -2.34. The van der Waals surface area contributed by atoms with Gasteiger partial charge in [0.25, 0.3) is 11.9 Å². The van der Waals surface area contributed by atoms with Gasteiger partial charge in [0.2, 0.25) is 5.89 Å². The summed E-state index contributed by atoms with van der Waals surface area (Å²) in [7, 11) is 0. The Kier molecular flexibility index (Phi) is 7.53. The topological polar surface area (TPSA) is 101 Å². The minimum Gasteiger partial charge on any atom is -0.494 e. The van der Waals surface area contributed by atoms with Crippen LogP contribution >= 0.6 is 0 Å². The first-order valence-corrected chi connectivity index (χ1v) is 12.2. The highest BCUT2D eigenvalue weighted by atomic mass is 16.5. The summed E-state index contributed by atoms with van der Waals surface area (Å²) in [6.45, 7) is 7.27. The van der Waals surface area contributed by atoms with Crippen molar-refractivity contribution in [3.8, 4) is 5.75 Å². The number of hydrogen-bond acceptors (Lipinski definition) is 7. The van der Waals surface area contributed by atoms with Gasteiger partial charge in [0.15, 0.2) is 0 Å². The van der Waals surface area contributed by atoms with Crippen LogP contribution < -0.4 is 15.0 Å². The van der Waals surface area contributed by atoms with Crippen LogP contribution in [0.1, 0.15) is 73.7 Å². The molecule has 2 aromatic rings. The number of aliphatic hydroxyl groups excluding tert-OH is 1. The lowest BCUT2D eigenvalue weighted by atomic mass is 9.92. The van der Waals surface area contributed by atoms with E-state index in [1.54, 1.807) is 0 Å². The number of aromatic nitrogens is 2. The molecule has 4 rings (SSSR count). The summed E-state index contributed by atoms with van der Waals surface area (Å²) in [5, 5.41) is 15.9. The maximum absolute atomic E-state index is 12.2. The van der Waals surface area contributed by atoms with Crippen molar-refractivity contribution in [1.82, 2.24) is 15.5 Å². The Hall–Kier alpha value is -2.61. The molecule has 0 atom stereocenters. The van der Waals surface area contributed by atoms with Crippen LogP contribution in [-0.2, 0) is 5.41 Å². The highest BCUT2D eigenvalue weighted by Crippen LogP contribution is 2.47. The predicted molar refractivity (Wildman–Crippen MR) is 126 cm³/mol. The number of carbonyl (C=O) groups is 1. The van der Waals surface area contributed by atoms with Gasteiger partial charge in [0.1, 0.15) is 5.75 Å². The summed E-state index contributed by atoms with van der Waals surface area (Å²) < 4.78 is 11.4. The molecular weight excluding hydrogens is 420 g/mol. The fourth-order valence-corrected chi connectivity index (χ4v) is 4.33. The highest BCUT2D eigenvalue weighted by Gasteiger charge is 2.45. The number of benzene rings is 1. The van der Waals surface area contributed by atoms with Crippen molar-refractivity contribution in [3.05, 3.63) is 35.2 Å². The lowest BCUT2D eigenvalue weighted by Gasteiger charge is -2.30. The number of ether oxygens (including phenoxy) is 1. The zero-order chi connectivity index (χ0) is 23.3. The first kappa shape index (κ1) is 23.5. The Morgan fingerprint density at radius 1 is 1.30 bits per heavy atom. The van der Waals surface area contributed by atoms with E-state index in [2.05, 4.69) is 27.3 Å². The number of nitrogens with zero attached hydrogens (tertiary/aromatic N) is 3. The molecule has 1 aromatic heterocycles. The molecule has 0 radical (unpaired) electrons. The molecule has 33 heavy (non-hydrogen) atoms. The van der Waals surface area contributed by atoms with Gasteiger partial charge in [-0.2, -0.15) is 4.98 Å². The molecule has 1 aromatic carbocycles. The maximum atomic E-state index is 12.2. The Morgan fingerprint density at radius 3 is 2.79 bits per heavy atom. The number of anilines is 1. The van der Waals surface area contributed by atoms with Gasteiger partial charge in [0.05, 0.1) is 6.61 Å². The van der Waals surface area contributed by atoms with E-state index in [4.69, 9.17) is 14.4 Å². The van der Waals surface area contributed by atoms with Gasteiger partial charge in [-0.25, -0.2) is 0 Å². The quantitative estimate of drug-likeness (QED) is 0.498. The maximum Gasteiger partial charge on any atom is 0.266 e. The van der Waals surface area contributed by atoms with Crippen LogP contribution in [0.4, 0.5) is 5.95 Å². The molecule has 0 bridgehead atoms. The standard InChI is InChI=1S/C25H36N4O4/c1-18-17-20(6-7-21(18)22(31)26-12-4-15-30)32-16-3-5-19-8-13-29(14-9-19)24-27-23(33-28-24)25(2)10-11-25/h6-7,17,19,30H,3-5,8-16H2,1-2H3,(H,26,31). The minimum atomic E-state index is -0.113. The third-order valence-corrected chi connectivity index (χ3v) is 6.92. The second-order valence-electron chi connectivity index (χ2n) is 9.69. The molecule has 1 saturated heterocycles. The summed E-state index contributed by atoms with van der Waals surface area (Å²) in [5.74, 6) is 2.93. The molecule has 1 amide bonds. The van der Waals surface area contributed by atoms with E-state index in [0.29, 0.717) is 31.1 Å². The van der Waals surface area contributed by atoms with E-state index in [-0.39, 0.29) is 17.9 Å². The zero-order valence-electron chi connectivity index (χ0n) is 19.8. The van der Waals surface area contributed by atoms with Crippen molar-refractivity contribution in [2.75, 3.05) is 37.7 Å². The summed E-state index contributed by atoms with van der Waals surface area (Å²) >= 11 is 0. The van der Waals surface area contributed by atoms with Crippen molar-refractivity contribution in [1.29, 1.82) is 0 Å². The van der Waals surface area contributed by atoms with Gasteiger partial charge >= 0.3 is 0 Å². The van der Waals surface area contributed by atoms with E-state index in [1.807, 2.05) is 25.1 Å². The second-order valence-corrected chi connectivity index (χ2v) is 9.69. The van der Waals surface area contributed by atoms with E-state index in [1.165, 1.54) is 0 Å². The Balaban J connectivity index is 1.15. The van der Waals surface area contributed by atoms with E-state index in [0.717, 1.165) is 74.8 Å². The molecule has 1 aliphatic carbocycles. The van der Waals surface area contributed by atoms with Crippen molar-refractivity contribution in [2.45, 2.75) is 64.2 Å². The second kappa shape index (κ2) is 10.5. The van der Waals surface area contributed by atoms with Crippen molar-refractivity contribution < 1.29 is 19.2 Å². The van der Waals surface area contributed by atoms with Gasteiger partial charge < -0.3 is 24.6 Å². The number of piperidine rings is 1. The number of aliphatic hydroxyl groups is 1. The molecule has 0 unspecified atom stereocenters. The summed E-state index contributed by atoms with van der Waals surface area (Å²) in [4.78, 5) is 19.1. The smallest absolute Gasteiger partial charge is 0.266 e. The summed E-state index contributed by atoms with van der Waals surface area (Å²) in [6, 6.07) is 5.58. The molecule has 0 spiro atoms.